The molecule has 2 saturated heterocycles. The maximum absolute atomic E-state index is 16.4. The second-order valence-electron chi connectivity index (χ2n) is 31.2. The number of carboxylic acids is 1. The number of nitrogens with two attached hydrogens (primary N) is 1. The van der Waals surface area contributed by atoms with Crippen LogP contribution in [0.1, 0.15) is 132 Å². The highest BCUT2D eigenvalue weighted by molar-refractivity contribution is 6.32. The molecule has 0 unspecified atom stereocenters. The Morgan fingerprint density at radius 3 is 1.88 bits per heavy atom. The summed E-state index contributed by atoms with van der Waals surface area (Å²) in [5.41, 5.74) is 4.11. The van der Waals surface area contributed by atoms with Gasteiger partial charge >= 0.3 is 5.97 Å². The fourth-order valence-electron chi connectivity index (χ4n) is 15.6. The highest BCUT2D eigenvalue weighted by atomic mass is 35.5. The molecule has 0 saturated carbocycles. The summed E-state index contributed by atoms with van der Waals surface area (Å²) >= 11 is 14.5. The molecule has 0 aromatic heterocycles. The minimum absolute atomic E-state index is 0.106. The van der Waals surface area contributed by atoms with E-state index in [1.165, 1.54) is 12.1 Å². The van der Waals surface area contributed by atoms with Gasteiger partial charge in [-0.1, -0.05) is 112 Å². The van der Waals surface area contributed by atoms with Gasteiger partial charge in [0.05, 0.1) is 40.8 Å². The van der Waals surface area contributed by atoms with Gasteiger partial charge in [0.1, 0.15) is 108 Å². The van der Waals surface area contributed by atoms with Gasteiger partial charge in [-0.15, -0.1) is 0 Å². The van der Waals surface area contributed by atoms with Gasteiger partial charge in [-0.25, -0.2) is 0 Å². The number of benzene rings is 7. The van der Waals surface area contributed by atoms with Gasteiger partial charge in [-0.3, -0.25) is 48.1 Å². The summed E-state index contributed by atoms with van der Waals surface area (Å²) < 4.78 is 39.7. The normalized spacial score (nSPS) is 26.3. The van der Waals surface area contributed by atoms with E-state index in [0.717, 1.165) is 77.9 Å². The first-order valence-electron chi connectivity index (χ1n) is 39.5. The van der Waals surface area contributed by atoms with Gasteiger partial charge in [0.15, 0.2) is 23.9 Å². The summed E-state index contributed by atoms with van der Waals surface area (Å²) in [6.07, 6.45) is -17.6. The lowest BCUT2D eigenvalue weighted by Crippen LogP contribution is -2.64. The molecule has 8 amide bonds. The van der Waals surface area contributed by atoms with Crippen molar-refractivity contribution in [1.29, 1.82) is 0 Å². The number of rotatable bonds is 22. The lowest BCUT2D eigenvalue weighted by Gasteiger charge is -2.48. The highest BCUT2D eigenvalue weighted by Crippen LogP contribution is 2.50. The summed E-state index contributed by atoms with van der Waals surface area (Å²) in [7, 11) is 0. The highest BCUT2D eigenvalue weighted by Gasteiger charge is 2.53. The quantitative estimate of drug-likeness (QED) is 0.0427. The van der Waals surface area contributed by atoms with Crippen LogP contribution in [-0.4, -0.2) is 214 Å². The second-order valence-corrected chi connectivity index (χ2v) is 32.0. The number of phenols is 3. The molecule has 0 radical (unpaired) electrons. The van der Waals surface area contributed by atoms with Crippen LogP contribution in [0, 0.1) is 5.92 Å². The molecule has 37 heteroatoms. The van der Waals surface area contributed by atoms with Gasteiger partial charge < -0.3 is 128 Å². The van der Waals surface area contributed by atoms with Crippen molar-refractivity contribution in [2.24, 2.45) is 11.7 Å². The molecule has 35 nitrogen and oxygen atoms in total. The number of halogens is 2. The predicted octanol–water partition coefficient (Wildman–Crippen LogP) is 4.95. The summed E-state index contributed by atoms with van der Waals surface area (Å²) in [6, 6.07) is 16.5. The number of aliphatic carboxylic acids is 1. The Balaban J connectivity index is 1.06. The maximum atomic E-state index is 16.4. The molecule has 2 fully saturated rings. The van der Waals surface area contributed by atoms with Crippen molar-refractivity contribution >= 4 is 82.1 Å². The fourth-order valence-corrected chi connectivity index (χ4v) is 16.1. The van der Waals surface area contributed by atoms with Crippen LogP contribution in [0.4, 0.5) is 5.69 Å². The zero-order chi connectivity index (χ0) is 88.0. The summed E-state index contributed by atoms with van der Waals surface area (Å²) in [5.74, 6) is -17.1. The molecule has 20 N–H and O–H groups in total. The lowest BCUT2D eigenvalue weighted by molar-refractivity contribution is -0.332. The van der Waals surface area contributed by atoms with Crippen molar-refractivity contribution in [3.8, 4) is 68.2 Å². The van der Waals surface area contributed by atoms with Crippen LogP contribution in [0.2, 0.25) is 10.0 Å². The number of hydrogen-bond acceptors (Lipinski definition) is 26. The number of carbonyl (C=O) groups excluding carboxylic acids is 8. The van der Waals surface area contributed by atoms with Crippen molar-refractivity contribution in [1.82, 2.24) is 42.1 Å². The standard InChI is InChI=1S/C85H96Cl2N10O25/c1-7-24-97(25-8-2)53(26-38(3)4)78(111)94-68-70(105)43-17-22-56(50(86)28-43)118-58-30-45-31-59(74(58)122-84-75(73(108)72(107)60(37-98)120-84)121-63-35-85(6,76(109)39(5)117-63)96-46-19-14-41(15-20-46)40-12-10-9-11-13-40)119-57-23-18-44(29-51(57)87)71(106)69-83(116)93-67(79(112)89-36-62(103)104)49-32-47(99)33-55(101)64(49)48-27-42(16-21-54(48)100)65(80(113)95-69)92-81(114)66(45)91-77(110)52(34-61(88)102)90-82(68)115/h9-23,27-33,38-39,52-53,60,63,65-73,75-76,84,96,98-101,105-109H,7-8,24-26,34-37H2,1-6H3,(H2,88,102)(H,89,112)(H,90,115)(H,91,110)(H,92,114)(H,93,116)(H,94,111)(H,95,113)(H,103,104)/t39-,52-,53+,60-,63-,65+,66+,67-,68+,69-,70+,71+,72+,73-,75-,76+,84-,85-/m0/s1. The Hall–Kier alpha value is -11.5. The van der Waals surface area contributed by atoms with E-state index in [9.17, 15) is 70.2 Å². The van der Waals surface area contributed by atoms with Crippen molar-refractivity contribution in [2.75, 3.05) is 31.6 Å². The average Bonchev–Trinajstić information content (AvgIpc) is 0.727. The molecule has 122 heavy (non-hydrogen) atoms. The number of hydrogen-bond donors (Lipinski definition) is 19. The number of amides is 8. The van der Waals surface area contributed by atoms with Gasteiger partial charge in [0, 0.05) is 29.3 Å². The van der Waals surface area contributed by atoms with Crippen molar-refractivity contribution in [3.63, 3.8) is 0 Å². The first-order valence-corrected chi connectivity index (χ1v) is 40.2. The second kappa shape index (κ2) is 38.3. The number of fused-ring (bicyclic) bond motifs is 15. The molecule has 7 aromatic rings. The van der Waals surface area contributed by atoms with E-state index in [0.29, 0.717) is 31.6 Å². The molecule has 7 heterocycles. The number of primary amides is 1. The number of phenolic OH excluding ortho intramolecular Hbond substituents is 3. The summed E-state index contributed by atoms with van der Waals surface area (Å²) in [5, 5.41) is 136. The van der Waals surface area contributed by atoms with Crippen molar-refractivity contribution in [2.45, 2.75) is 183 Å². The zero-order valence-corrected chi connectivity index (χ0v) is 68.3. The van der Waals surface area contributed by atoms with E-state index in [4.69, 9.17) is 57.4 Å². The Bertz CT molecular complexity index is 5090. The van der Waals surface area contributed by atoms with E-state index >= 15 is 24.0 Å². The Morgan fingerprint density at radius 2 is 1.27 bits per heavy atom. The number of nitrogens with one attached hydrogen (secondary N) is 8. The largest absolute Gasteiger partial charge is 0.508 e. The molecule has 14 rings (SSSR count). The topological polar surface area (TPSA) is 537 Å². The monoisotopic (exact) mass is 1730 g/mol. The van der Waals surface area contributed by atoms with Gasteiger partial charge in [-0.2, -0.15) is 0 Å². The Morgan fingerprint density at radius 1 is 0.664 bits per heavy atom. The Kier molecular flexibility index (Phi) is 28.2. The van der Waals surface area contributed by atoms with Crippen LogP contribution >= 0.6 is 23.2 Å². The molecule has 0 spiro atoms. The molecule has 7 aliphatic rings. The van der Waals surface area contributed by atoms with Crippen molar-refractivity contribution in [3.05, 3.63) is 171 Å². The molecular formula is C85H96Cl2N10O25. The number of nitrogens with zero attached hydrogens (tertiary/aromatic N) is 1. The molecule has 650 valence electrons. The number of ether oxygens (including phenoxy) is 6. The number of aliphatic hydroxyl groups is 6. The molecular weight excluding hydrogens is 1630 g/mol. The van der Waals surface area contributed by atoms with E-state index in [-0.39, 0.29) is 46.2 Å². The fraction of sp³-hybridized carbons (Fsp3) is 0.400. The van der Waals surface area contributed by atoms with E-state index in [1.54, 1.807) is 13.8 Å². The van der Waals surface area contributed by atoms with Crippen LogP contribution in [-0.2, 0) is 57.4 Å². The maximum Gasteiger partial charge on any atom is 0.322 e. The van der Waals surface area contributed by atoms with Crippen molar-refractivity contribution < 1.29 is 123 Å². The Labute approximate surface area is 709 Å². The molecule has 7 aromatic carbocycles. The van der Waals surface area contributed by atoms with Crippen LogP contribution in [0.5, 0.6) is 46.0 Å². The lowest BCUT2D eigenvalue weighted by atomic mass is 9.84. The number of aliphatic hydroxyl groups excluding tert-OH is 6. The first-order chi connectivity index (χ1) is 58.0. The van der Waals surface area contributed by atoms with Crippen LogP contribution in [0.25, 0.3) is 22.3 Å². The van der Waals surface area contributed by atoms with Gasteiger partial charge in [0.2, 0.25) is 59.3 Å². The van der Waals surface area contributed by atoms with Crippen LogP contribution in [0.15, 0.2) is 133 Å². The minimum Gasteiger partial charge on any atom is -0.508 e. The van der Waals surface area contributed by atoms with Crippen LogP contribution in [0.3, 0.4) is 0 Å². The average molecular weight is 1730 g/mol. The summed E-state index contributed by atoms with van der Waals surface area (Å²) in [6.45, 7) is 9.67. The van der Waals surface area contributed by atoms with Crippen LogP contribution < -0.4 is 62.5 Å². The van der Waals surface area contributed by atoms with E-state index in [1.807, 2.05) is 87.2 Å². The minimum atomic E-state index is -2.39. The third-order valence-corrected chi connectivity index (χ3v) is 22.3. The first kappa shape index (κ1) is 89.8. The number of carbonyl (C=O) groups is 9. The third kappa shape index (κ3) is 20.0. The number of carboxylic acid groups (broad SMARTS) is 1. The molecule has 18 atom stereocenters. The zero-order valence-electron chi connectivity index (χ0n) is 66.8. The van der Waals surface area contributed by atoms with Gasteiger partial charge in [0.25, 0.3) is 0 Å². The summed E-state index contributed by atoms with van der Waals surface area (Å²) in [4.78, 5) is 135. The van der Waals surface area contributed by atoms with Gasteiger partial charge in [-0.05, 0) is 158 Å². The van der Waals surface area contributed by atoms with E-state index < -0.39 is 250 Å². The third-order valence-electron chi connectivity index (χ3n) is 21.7. The smallest absolute Gasteiger partial charge is 0.322 e. The molecule has 0 aliphatic carbocycles. The number of aromatic hydroxyl groups is 3. The molecule has 11 bridgehead atoms. The SMILES string of the molecule is CCCN(CCC)[C@H](CC(C)C)C(=O)N[C@H]1C(=O)N[C@@H](CC(N)=O)C(=O)N[C@H]2C(=O)N[C@H]3C(=O)N[C@H](C(=O)N[C@H](C(=O)NCC(=O)O)c4cc(O)cc(O)c4-c4cc3ccc4O)[C@H](O)c3ccc(c(Cl)c3)Oc3cc2cc(c3O[C@@H]2O[C@@H](CO)[C@@H](O)[C@H](O)[C@@H]2O[C@H]2C[C@](C)(Nc3ccc(-c4ccccc4)cc3)[C@H](O)[C@H](C)O2)Oc2ccc(cc2Cl)[C@H]1O. The predicted molar refractivity (Wildman–Crippen MR) is 437 cm³/mol. The molecule has 7 aliphatic heterocycles. The van der Waals surface area contributed by atoms with E-state index in [2.05, 4.69) is 42.5 Å². The number of anilines is 1.